The molecule has 8 heteroatoms. The first kappa shape index (κ1) is 17.0. The maximum absolute atomic E-state index is 13.0. The Morgan fingerprint density at radius 2 is 1.84 bits per heavy atom. The van der Waals surface area contributed by atoms with Crippen LogP contribution < -0.4 is 15.8 Å². The normalized spacial score (nSPS) is 10.5. The van der Waals surface area contributed by atoms with E-state index in [1.165, 1.54) is 23.9 Å². The van der Waals surface area contributed by atoms with E-state index in [1.54, 1.807) is 19.2 Å². The number of nitrogen functional groups attached to an aromatic ring is 1. The molecule has 0 fully saturated rings. The highest BCUT2D eigenvalue weighted by Crippen LogP contribution is 2.30. The third-order valence-corrected chi connectivity index (χ3v) is 4.28. The highest BCUT2D eigenvalue weighted by Gasteiger charge is 2.08. The third-order valence-electron chi connectivity index (χ3n) is 3.23. The summed E-state index contributed by atoms with van der Waals surface area (Å²) >= 11 is 1.54. The third kappa shape index (κ3) is 4.57. The predicted molar refractivity (Wildman–Crippen MR) is 96.5 cm³/mol. The fourth-order valence-corrected chi connectivity index (χ4v) is 2.98. The Kier molecular flexibility index (Phi) is 5.30. The van der Waals surface area contributed by atoms with E-state index in [0.29, 0.717) is 23.2 Å². The number of rotatable bonds is 6. The van der Waals surface area contributed by atoms with Gasteiger partial charge in [0.2, 0.25) is 11.9 Å². The van der Waals surface area contributed by atoms with Gasteiger partial charge in [-0.05, 0) is 36.4 Å². The average molecular weight is 357 g/mol. The van der Waals surface area contributed by atoms with Crippen molar-refractivity contribution in [3.8, 4) is 5.75 Å². The molecule has 1 aromatic heterocycles. The van der Waals surface area contributed by atoms with Gasteiger partial charge in [-0.15, -0.1) is 11.8 Å². The van der Waals surface area contributed by atoms with Crippen LogP contribution in [0.1, 0.15) is 5.82 Å². The molecule has 0 saturated heterocycles. The van der Waals surface area contributed by atoms with E-state index in [9.17, 15) is 4.39 Å². The maximum Gasteiger partial charge on any atom is 0.232 e. The molecule has 0 unspecified atom stereocenters. The van der Waals surface area contributed by atoms with Crippen LogP contribution in [-0.4, -0.2) is 22.1 Å². The number of hydrogen-bond acceptors (Lipinski definition) is 7. The lowest BCUT2D eigenvalue weighted by molar-refractivity contribution is 0.405. The van der Waals surface area contributed by atoms with Gasteiger partial charge in [0.15, 0.2) is 0 Å². The lowest BCUT2D eigenvalue weighted by Gasteiger charge is -2.09. The van der Waals surface area contributed by atoms with Crippen molar-refractivity contribution in [1.29, 1.82) is 0 Å². The number of halogens is 1. The number of aromatic nitrogens is 3. The van der Waals surface area contributed by atoms with Crippen LogP contribution in [0.2, 0.25) is 0 Å². The Morgan fingerprint density at radius 1 is 1.08 bits per heavy atom. The summed E-state index contributed by atoms with van der Waals surface area (Å²) in [6.45, 7) is 0. The van der Waals surface area contributed by atoms with Crippen molar-refractivity contribution in [2.45, 2.75) is 10.6 Å². The molecule has 3 rings (SSSR count). The highest BCUT2D eigenvalue weighted by molar-refractivity contribution is 7.98. The molecule has 0 aliphatic rings. The molecule has 25 heavy (non-hydrogen) atoms. The second-order valence-electron chi connectivity index (χ2n) is 5.00. The van der Waals surface area contributed by atoms with Gasteiger partial charge < -0.3 is 15.8 Å². The van der Waals surface area contributed by atoms with Gasteiger partial charge in [-0.25, -0.2) is 4.39 Å². The number of thioether (sulfide) groups is 1. The van der Waals surface area contributed by atoms with Crippen LogP contribution in [0.4, 0.5) is 22.0 Å². The van der Waals surface area contributed by atoms with Gasteiger partial charge >= 0.3 is 0 Å². The highest BCUT2D eigenvalue weighted by atomic mass is 32.2. The smallest absolute Gasteiger partial charge is 0.232 e. The monoisotopic (exact) mass is 357 g/mol. The Bertz CT molecular complexity index is 860. The van der Waals surface area contributed by atoms with Crippen molar-refractivity contribution in [3.63, 3.8) is 0 Å². The minimum atomic E-state index is -0.311. The maximum atomic E-state index is 13.0. The number of para-hydroxylation sites is 1. The SMILES string of the molecule is COc1ccccc1SCc1nc(N)nc(Nc2ccc(F)cc2)n1. The van der Waals surface area contributed by atoms with Crippen LogP contribution in [0.15, 0.2) is 53.4 Å². The number of nitrogens with two attached hydrogens (primary N) is 1. The molecular weight excluding hydrogens is 341 g/mol. The molecule has 0 bridgehead atoms. The predicted octanol–water partition coefficient (Wildman–Crippen LogP) is 3.64. The Balaban J connectivity index is 1.74. The Hall–Kier alpha value is -2.87. The van der Waals surface area contributed by atoms with Crippen LogP contribution >= 0.6 is 11.8 Å². The van der Waals surface area contributed by atoms with E-state index < -0.39 is 0 Å². The molecule has 0 spiro atoms. The van der Waals surface area contributed by atoms with E-state index in [1.807, 2.05) is 24.3 Å². The van der Waals surface area contributed by atoms with Crippen molar-refractivity contribution in [2.24, 2.45) is 0 Å². The minimum absolute atomic E-state index is 0.121. The molecule has 0 saturated carbocycles. The largest absolute Gasteiger partial charge is 0.496 e. The van der Waals surface area contributed by atoms with Crippen LogP contribution in [0, 0.1) is 5.82 Å². The zero-order valence-corrected chi connectivity index (χ0v) is 14.3. The molecule has 0 atom stereocenters. The fraction of sp³-hybridized carbons (Fsp3) is 0.118. The van der Waals surface area contributed by atoms with Crippen LogP contribution in [0.25, 0.3) is 0 Å². The molecule has 6 nitrogen and oxygen atoms in total. The fourth-order valence-electron chi connectivity index (χ4n) is 2.10. The summed E-state index contributed by atoms with van der Waals surface area (Å²) in [6, 6.07) is 13.6. The lowest BCUT2D eigenvalue weighted by Crippen LogP contribution is -2.06. The second-order valence-corrected chi connectivity index (χ2v) is 6.02. The lowest BCUT2D eigenvalue weighted by atomic mass is 10.3. The average Bonchev–Trinajstić information content (AvgIpc) is 2.62. The van der Waals surface area contributed by atoms with Crippen LogP contribution in [0.5, 0.6) is 5.75 Å². The van der Waals surface area contributed by atoms with E-state index in [-0.39, 0.29) is 11.8 Å². The van der Waals surface area contributed by atoms with Crippen LogP contribution in [0.3, 0.4) is 0 Å². The number of methoxy groups -OCH3 is 1. The van der Waals surface area contributed by atoms with E-state index in [0.717, 1.165) is 10.6 Å². The van der Waals surface area contributed by atoms with Crippen molar-refractivity contribution in [2.75, 3.05) is 18.2 Å². The number of nitrogens with one attached hydrogen (secondary N) is 1. The summed E-state index contributed by atoms with van der Waals surface area (Å²) in [5.41, 5.74) is 6.43. The molecule has 0 aliphatic heterocycles. The number of benzene rings is 2. The first-order valence-electron chi connectivity index (χ1n) is 7.43. The molecule has 0 radical (unpaired) electrons. The zero-order valence-electron chi connectivity index (χ0n) is 13.4. The molecule has 0 aliphatic carbocycles. The Morgan fingerprint density at radius 3 is 2.60 bits per heavy atom. The van der Waals surface area contributed by atoms with Crippen LogP contribution in [-0.2, 0) is 5.75 Å². The number of nitrogens with zero attached hydrogens (tertiary/aromatic N) is 3. The van der Waals surface area contributed by atoms with Gasteiger partial charge in [0, 0.05) is 10.6 Å². The summed E-state index contributed by atoms with van der Waals surface area (Å²) in [4.78, 5) is 13.5. The quantitative estimate of drug-likeness (QED) is 0.651. The van der Waals surface area contributed by atoms with Crippen molar-refractivity contribution in [3.05, 3.63) is 60.2 Å². The van der Waals surface area contributed by atoms with Gasteiger partial charge in [0.05, 0.1) is 12.9 Å². The standard InChI is InChI=1S/C17H16FN5OS/c1-24-13-4-2-3-5-14(13)25-10-15-21-16(19)23-17(22-15)20-12-8-6-11(18)7-9-12/h2-9H,10H2,1H3,(H3,19,20,21,22,23). The minimum Gasteiger partial charge on any atom is -0.496 e. The van der Waals surface area contributed by atoms with Gasteiger partial charge in [-0.2, -0.15) is 15.0 Å². The van der Waals surface area contributed by atoms with E-state index >= 15 is 0 Å². The first-order chi connectivity index (χ1) is 12.1. The summed E-state index contributed by atoms with van der Waals surface area (Å²) in [6.07, 6.45) is 0. The van der Waals surface area contributed by atoms with Crippen molar-refractivity contribution >= 4 is 29.3 Å². The Labute approximate surface area is 148 Å². The summed E-state index contributed by atoms with van der Waals surface area (Å²) < 4.78 is 18.3. The molecule has 3 aromatic rings. The molecular formula is C17H16FN5OS. The number of anilines is 3. The molecule has 3 N–H and O–H groups in total. The molecule has 1 heterocycles. The topological polar surface area (TPSA) is 86.0 Å². The van der Waals surface area contributed by atoms with Gasteiger partial charge in [-0.3, -0.25) is 0 Å². The number of ether oxygens (including phenoxy) is 1. The van der Waals surface area contributed by atoms with Gasteiger partial charge in [-0.1, -0.05) is 12.1 Å². The van der Waals surface area contributed by atoms with Crippen molar-refractivity contribution < 1.29 is 9.13 Å². The summed E-state index contributed by atoms with van der Waals surface area (Å²) in [5.74, 6) is 1.96. The van der Waals surface area contributed by atoms with Crippen molar-refractivity contribution in [1.82, 2.24) is 15.0 Å². The molecule has 2 aromatic carbocycles. The summed E-state index contributed by atoms with van der Waals surface area (Å²) in [7, 11) is 1.63. The number of hydrogen-bond donors (Lipinski definition) is 2. The molecule has 0 amide bonds. The first-order valence-corrected chi connectivity index (χ1v) is 8.41. The van der Waals surface area contributed by atoms with E-state index in [2.05, 4.69) is 20.3 Å². The van der Waals surface area contributed by atoms with Gasteiger partial charge in [0.25, 0.3) is 0 Å². The van der Waals surface area contributed by atoms with E-state index in [4.69, 9.17) is 10.5 Å². The van der Waals surface area contributed by atoms with Gasteiger partial charge in [0.1, 0.15) is 17.4 Å². The summed E-state index contributed by atoms with van der Waals surface area (Å²) in [5, 5.41) is 2.99. The second kappa shape index (κ2) is 7.80. The molecule has 128 valence electrons. The zero-order chi connectivity index (χ0) is 17.6.